The highest BCUT2D eigenvalue weighted by Crippen LogP contribution is 2.25. The normalized spacial score (nSPS) is 16.0. The minimum atomic E-state index is -0.767. The van der Waals surface area contributed by atoms with Crippen molar-refractivity contribution in [3.63, 3.8) is 0 Å². The fourth-order valence-corrected chi connectivity index (χ4v) is 3.57. The van der Waals surface area contributed by atoms with E-state index in [0.29, 0.717) is 32.4 Å². The van der Waals surface area contributed by atoms with E-state index < -0.39 is 12.0 Å². The van der Waals surface area contributed by atoms with Crippen molar-refractivity contribution in [2.24, 2.45) is 5.92 Å². The van der Waals surface area contributed by atoms with Crippen LogP contribution in [0.25, 0.3) is 0 Å². The summed E-state index contributed by atoms with van der Waals surface area (Å²) in [5.41, 5.74) is 2.24. The molecular formula is C22H32N2O4. The molecular weight excluding hydrogens is 356 g/mol. The molecule has 1 aliphatic rings. The number of carbonyl (C=O) groups excluding carboxylic acids is 2. The van der Waals surface area contributed by atoms with Gasteiger partial charge in [0, 0.05) is 32.4 Å². The van der Waals surface area contributed by atoms with Crippen LogP contribution in [0.1, 0.15) is 63.5 Å². The second-order valence-corrected chi connectivity index (χ2v) is 7.96. The molecule has 6 nitrogen and oxygen atoms in total. The molecule has 0 aromatic heterocycles. The van der Waals surface area contributed by atoms with E-state index in [-0.39, 0.29) is 24.2 Å². The quantitative estimate of drug-likeness (QED) is 0.603. The number of nitrogens with zero attached hydrogens (tertiary/aromatic N) is 1. The van der Waals surface area contributed by atoms with Gasteiger partial charge in [-0.25, -0.2) is 0 Å². The standard InChI is InChI=1S/C22H32N2O4/c1-16(2)13-20(25)24-15-18-10-7-6-9-17(18)14-19(24)22(28)23-12-8-4-3-5-11-21(26)27/h6-7,9-10,16,19H,3-5,8,11-15H2,1-2H3,(H,23,28)(H,26,27). The number of unbranched alkanes of at least 4 members (excludes halogenated alkanes) is 3. The van der Waals surface area contributed by atoms with Gasteiger partial charge in [0.05, 0.1) is 0 Å². The molecule has 1 aromatic carbocycles. The predicted molar refractivity (Wildman–Crippen MR) is 108 cm³/mol. The van der Waals surface area contributed by atoms with Gasteiger partial charge in [-0.3, -0.25) is 14.4 Å². The van der Waals surface area contributed by atoms with E-state index in [1.807, 2.05) is 38.1 Å². The highest BCUT2D eigenvalue weighted by atomic mass is 16.4. The molecule has 2 amide bonds. The number of aliphatic carboxylic acids is 1. The molecule has 154 valence electrons. The van der Waals surface area contributed by atoms with E-state index in [2.05, 4.69) is 5.32 Å². The van der Waals surface area contributed by atoms with Gasteiger partial charge in [0.15, 0.2) is 0 Å². The maximum atomic E-state index is 12.8. The Bertz CT molecular complexity index is 687. The van der Waals surface area contributed by atoms with Crippen LogP contribution in [0.5, 0.6) is 0 Å². The number of fused-ring (bicyclic) bond motifs is 1. The predicted octanol–water partition coefficient (Wildman–Crippen LogP) is 3.14. The van der Waals surface area contributed by atoms with Crippen molar-refractivity contribution >= 4 is 17.8 Å². The minimum absolute atomic E-state index is 0.0262. The molecule has 6 heteroatoms. The maximum Gasteiger partial charge on any atom is 0.303 e. The smallest absolute Gasteiger partial charge is 0.303 e. The average Bonchev–Trinajstić information content (AvgIpc) is 2.65. The molecule has 0 aliphatic carbocycles. The molecule has 0 saturated heterocycles. The van der Waals surface area contributed by atoms with Gasteiger partial charge in [-0.15, -0.1) is 0 Å². The third kappa shape index (κ3) is 6.66. The lowest BCUT2D eigenvalue weighted by Gasteiger charge is -2.36. The summed E-state index contributed by atoms with van der Waals surface area (Å²) in [5, 5.41) is 11.6. The average molecular weight is 389 g/mol. The molecule has 0 fully saturated rings. The first kappa shape index (κ1) is 21.9. The lowest BCUT2D eigenvalue weighted by molar-refractivity contribution is -0.142. The van der Waals surface area contributed by atoms with Gasteiger partial charge in [-0.1, -0.05) is 51.0 Å². The van der Waals surface area contributed by atoms with E-state index >= 15 is 0 Å². The Morgan fingerprint density at radius 3 is 2.46 bits per heavy atom. The molecule has 2 rings (SSSR count). The lowest BCUT2D eigenvalue weighted by atomic mass is 9.92. The van der Waals surface area contributed by atoms with Crippen LogP contribution >= 0.6 is 0 Å². The van der Waals surface area contributed by atoms with Crippen molar-refractivity contribution in [1.82, 2.24) is 10.2 Å². The van der Waals surface area contributed by atoms with Crippen LogP contribution in [0, 0.1) is 5.92 Å². The van der Waals surface area contributed by atoms with Gasteiger partial charge in [0.25, 0.3) is 0 Å². The molecule has 1 heterocycles. The molecule has 0 radical (unpaired) electrons. The van der Waals surface area contributed by atoms with Crippen molar-refractivity contribution < 1.29 is 19.5 Å². The summed E-state index contributed by atoms with van der Waals surface area (Å²) in [6.45, 7) is 5.05. The van der Waals surface area contributed by atoms with E-state index in [9.17, 15) is 14.4 Å². The Kier molecular flexibility index (Phi) is 8.48. The Morgan fingerprint density at radius 2 is 1.79 bits per heavy atom. The maximum absolute atomic E-state index is 12.8. The van der Waals surface area contributed by atoms with Gasteiger partial charge >= 0.3 is 5.97 Å². The number of carbonyl (C=O) groups is 3. The summed E-state index contributed by atoms with van der Waals surface area (Å²) < 4.78 is 0. The second-order valence-electron chi connectivity index (χ2n) is 7.96. The van der Waals surface area contributed by atoms with Crippen LogP contribution in [0.15, 0.2) is 24.3 Å². The van der Waals surface area contributed by atoms with E-state index in [4.69, 9.17) is 5.11 Å². The highest BCUT2D eigenvalue weighted by Gasteiger charge is 2.34. The largest absolute Gasteiger partial charge is 0.481 e. The van der Waals surface area contributed by atoms with Crippen LogP contribution in [0.3, 0.4) is 0 Å². The molecule has 0 spiro atoms. The first-order chi connectivity index (χ1) is 13.4. The van der Waals surface area contributed by atoms with Gasteiger partial charge in [0.1, 0.15) is 6.04 Å². The molecule has 2 N–H and O–H groups in total. The summed E-state index contributed by atoms with van der Waals surface area (Å²) in [5.74, 6) is -0.591. The lowest BCUT2D eigenvalue weighted by Crippen LogP contribution is -2.52. The zero-order chi connectivity index (χ0) is 20.5. The summed E-state index contributed by atoms with van der Waals surface area (Å²) in [6.07, 6.45) is 4.39. The number of carboxylic acid groups (broad SMARTS) is 1. The van der Waals surface area contributed by atoms with Gasteiger partial charge < -0.3 is 15.3 Å². The SMILES string of the molecule is CC(C)CC(=O)N1Cc2ccccc2CC1C(=O)NCCCCCCC(=O)O. The fraction of sp³-hybridized carbons (Fsp3) is 0.591. The number of nitrogens with one attached hydrogen (secondary N) is 1. The van der Waals surface area contributed by atoms with Gasteiger partial charge in [0.2, 0.25) is 11.8 Å². The van der Waals surface area contributed by atoms with Crippen molar-refractivity contribution in [2.75, 3.05) is 6.54 Å². The summed E-state index contributed by atoms with van der Waals surface area (Å²) in [4.78, 5) is 37.8. The van der Waals surface area contributed by atoms with Gasteiger partial charge in [-0.2, -0.15) is 0 Å². The second kappa shape index (κ2) is 10.8. The minimum Gasteiger partial charge on any atom is -0.481 e. The molecule has 1 aromatic rings. The first-order valence-corrected chi connectivity index (χ1v) is 10.2. The zero-order valence-corrected chi connectivity index (χ0v) is 16.9. The van der Waals surface area contributed by atoms with E-state index in [1.54, 1.807) is 4.90 Å². The molecule has 1 atom stereocenters. The zero-order valence-electron chi connectivity index (χ0n) is 16.9. The number of amides is 2. The topological polar surface area (TPSA) is 86.7 Å². The number of hydrogen-bond donors (Lipinski definition) is 2. The van der Waals surface area contributed by atoms with Crippen molar-refractivity contribution in [1.29, 1.82) is 0 Å². The number of rotatable bonds is 10. The molecule has 0 saturated carbocycles. The molecule has 1 aliphatic heterocycles. The van der Waals surface area contributed by atoms with Crippen molar-refractivity contribution in [2.45, 2.75) is 71.4 Å². The number of hydrogen-bond acceptors (Lipinski definition) is 3. The third-order valence-electron chi connectivity index (χ3n) is 5.07. The summed E-state index contributed by atoms with van der Waals surface area (Å²) in [7, 11) is 0. The molecule has 28 heavy (non-hydrogen) atoms. The Hall–Kier alpha value is -2.37. The summed E-state index contributed by atoms with van der Waals surface area (Å²) >= 11 is 0. The van der Waals surface area contributed by atoms with Crippen LogP contribution in [0.4, 0.5) is 0 Å². The first-order valence-electron chi connectivity index (χ1n) is 10.2. The molecule has 0 bridgehead atoms. The highest BCUT2D eigenvalue weighted by molar-refractivity contribution is 5.88. The Labute approximate surface area is 167 Å². The van der Waals surface area contributed by atoms with Crippen LogP contribution < -0.4 is 5.32 Å². The van der Waals surface area contributed by atoms with Crippen LogP contribution in [0.2, 0.25) is 0 Å². The van der Waals surface area contributed by atoms with Crippen LogP contribution in [-0.4, -0.2) is 40.4 Å². The van der Waals surface area contributed by atoms with E-state index in [0.717, 1.165) is 30.4 Å². The van der Waals surface area contributed by atoms with Crippen molar-refractivity contribution in [3.05, 3.63) is 35.4 Å². The van der Waals surface area contributed by atoms with E-state index in [1.165, 1.54) is 0 Å². The monoisotopic (exact) mass is 388 g/mol. The Balaban J connectivity index is 1.90. The van der Waals surface area contributed by atoms with Crippen molar-refractivity contribution in [3.8, 4) is 0 Å². The Morgan fingerprint density at radius 1 is 1.11 bits per heavy atom. The van der Waals surface area contributed by atoms with Gasteiger partial charge in [-0.05, 0) is 29.9 Å². The summed E-state index contributed by atoms with van der Waals surface area (Å²) in [6, 6.07) is 7.53. The fourth-order valence-electron chi connectivity index (χ4n) is 3.57. The van der Waals surface area contributed by atoms with Crippen LogP contribution in [-0.2, 0) is 27.3 Å². The number of carboxylic acids is 1. The third-order valence-corrected chi connectivity index (χ3v) is 5.07. The number of benzene rings is 1. The molecule has 1 unspecified atom stereocenters.